The molecule has 0 radical (unpaired) electrons. The Labute approximate surface area is 101 Å². The minimum Gasteiger partial charge on any atom is -0.504 e. The van der Waals surface area contributed by atoms with Crippen LogP contribution in [0.2, 0.25) is 0 Å². The highest BCUT2D eigenvalue weighted by Crippen LogP contribution is 2.32. The summed E-state index contributed by atoms with van der Waals surface area (Å²) in [5.74, 6) is -0.191. The molecule has 0 aliphatic heterocycles. The van der Waals surface area contributed by atoms with Crippen LogP contribution < -0.4 is 5.73 Å². The molecule has 3 heteroatoms. The number of nitrogens with two attached hydrogens (primary N) is 1. The minimum absolute atomic E-state index is 0.0941. The van der Waals surface area contributed by atoms with Gasteiger partial charge in [-0.05, 0) is 28.5 Å². The van der Waals surface area contributed by atoms with Gasteiger partial charge in [-0.15, -0.1) is 0 Å². The Morgan fingerprint density at radius 2 is 1.59 bits per heavy atom. The molecular weight excluding hydrogens is 214 g/mol. The largest absolute Gasteiger partial charge is 0.504 e. The molecular formula is C14H17NO2. The third-order valence-electron chi connectivity index (χ3n) is 3.23. The molecule has 0 amide bonds. The maximum Gasteiger partial charge on any atom is 0.158 e. The van der Waals surface area contributed by atoms with E-state index in [0.717, 1.165) is 16.3 Å². The number of aromatic hydroxyl groups is 2. The predicted octanol–water partition coefficient (Wildman–Crippen LogP) is 2.49. The number of fused-ring (bicyclic) bond motifs is 1. The van der Waals surface area contributed by atoms with Crippen LogP contribution in [0, 0.1) is 0 Å². The molecule has 0 heterocycles. The van der Waals surface area contributed by atoms with Gasteiger partial charge >= 0.3 is 0 Å². The van der Waals surface area contributed by atoms with Crippen LogP contribution in [0.4, 0.5) is 0 Å². The third-order valence-corrected chi connectivity index (χ3v) is 3.23. The number of phenols is 2. The lowest BCUT2D eigenvalue weighted by atomic mass is 9.84. The van der Waals surface area contributed by atoms with E-state index in [0.29, 0.717) is 6.54 Å². The van der Waals surface area contributed by atoms with E-state index in [1.165, 1.54) is 0 Å². The van der Waals surface area contributed by atoms with Gasteiger partial charge in [0.25, 0.3) is 0 Å². The van der Waals surface area contributed by atoms with E-state index in [4.69, 9.17) is 5.73 Å². The van der Waals surface area contributed by atoms with Gasteiger partial charge in [0.1, 0.15) is 0 Å². The first-order valence-electron chi connectivity index (χ1n) is 5.60. The molecule has 2 rings (SSSR count). The van der Waals surface area contributed by atoms with Gasteiger partial charge in [-0.25, -0.2) is 0 Å². The number of phenolic OH excluding ortho intramolecular Hbond substituents is 2. The molecule has 17 heavy (non-hydrogen) atoms. The van der Waals surface area contributed by atoms with Crippen LogP contribution >= 0.6 is 0 Å². The van der Waals surface area contributed by atoms with E-state index >= 15 is 0 Å². The van der Waals surface area contributed by atoms with Crippen molar-refractivity contribution >= 4 is 10.8 Å². The lowest BCUT2D eigenvalue weighted by Crippen LogP contribution is -2.27. The van der Waals surface area contributed by atoms with Crippen LogP contribution in [-0.2, 0) is 5.41 Å². The van der Waals surface area contributed by atoms with Gasteiger partial charge in [0.15, 0.2) is 11.5 Å². The molecule has 2 aromatic rings. The minimum atomic E-state index is -0.0970. The topological polar surface area (TPSA) is 66.5 Å². The first kappa shape index (κ1) is 11.7. The monoisotopic (exact) mass is 231 g/mol. The van der Waals surface area contributed by atoms with Gasteiger partial charge in [-0.3, -0.25) is 0 Å². The van der Waals surface area contributed by atoms with E-state index in [2.05, 4.69) is 13.8 Å². The molecule has 0 bridgehead atoms. The quantitative estimate of drug-likeness (QED) is 0.696. The van der Waals surface area contributed by atoms with Crippen molar-refractivity contribution in [2.24, 2.45) is 5.73 Å². The normalized spacial score (nSPS) is 11.9. The van der Waals surface area contributed by atoms with Gasteiger partial charge in [0, 0.05) is 12.0 Å². The number of benzene rings is 2. The van der Waals surface area contributed by atoms with Gasteiger partial charge in [0.05, 0.1) is 0 Å². The highest BCUT2D eigenvalue weighted by Gasteiger charge is 2.18. The average molecular weight is 231 g/mol. The molecule has 90 valence electrons. The van der Waals surface area contributed by atoms with Crippen molar-refractivity contribution in [1.82, 2.24) is 0 Å². The highest BCUT2D eigenvalue weighted by molar-refractivity contribution is 5.86. The van der Waals surface area contributed by atoms with Crippen LogP contribution in [0.1, 0.15) is 19.4 Å². The van der Waals surface area contributed by atoms with Crippen molar-refractivity contribution in [1.29, 1.82) is 0 Å². The Kier molecular flexibility index (Phi) is 2.71. The molecule has 0 unspecified atom stereocenters. The van der Waals surface area contributed by atoms with Crippen LogP contribution in [0.3, 0.4) is 0 Å². The maximum atomic E-state index is 9.49. The van der Waals surface area contributed by atoms with Crippen molar-refractivity contribution in [2.75, 3.05) is 6.54 Å². The SMILES string of the molecule is CC(C)(CN)c1ccc2cc(O)c(O)cc2c1. The van der Waals surface area contributed by atoms with Crippen molar-refractivity contribution in [3.05, 3.63) is 35.9 Å². The summed E-state index contributed by atoms with van der Waals surface area (Å²) in [7, 11) is 0. The molecule has 0 saturated heterocycles. The molecule has 0 spiro atoms. The van der Waals surface area contributed by atoms with Crippen LogP contribution in [-0.4, -0.2) is 16.8 Å². The molecule has 0 aromatic heterocycles. The summed E-state index contributed by atoms with van der Waals surface area (Å²) in [6.45, 7) is 4.71. The smallest absolute Gasteiger partial charge is 0.158 e. The average Bonchev–Trinajstić information content (AvgIpc) is 2.30. The first-order chi connectivity index (χ1) is 7.94. The molecule has 2 aromatic carbocycles. The van der Waals surface area contributed by atoms with Crippen molar-refractivity contribution in [3.8, 4) is 11.5 Å². The third kappa shape index (κ3) is 2.06. The highest BCUT2D eigenvalue weighted by atomic mass is 16.3. The predicted molar refractivity (Wildman–Crippen MR) is 69.4 cm³/mol. The number of hydrogen-bond acceptors (Lipinski definition) is 3. The van der Waals surface area contributed by atoms with Crippen molar-refractivity contribution in [3.63, 3.8) is 0 Å². The van der Waals surface area contributed by atoms with Crippen LogP contribution in [0.15, 0.2) is 30.3 Å². The second kappa shape index (κ2) is 3.93. The maximum absolute atomic E-state index is 9.49. The van der Waals surface area contributed by atoms with E-state index in [1.807, 2.05) is 18.2 Å². The van der Waals surface area contributed by atoms with Gasteiger partial charge in [-0.2, -0.15) is 0 Å². The Morgan fingerprint density at radius 1 is 1.00 bits per heavy atom. The first-order valence-corrected chi connectivity index (χ1v) is 5.60. The summed E-state index contributed by atoms with van der Waals surface area (Å²) in [6, 6.07) is 9.07. The van der Waals surface area contributed by atoms with Gasteiger partial charge in [-0.1, -0.05) is 32.0 Å². The number of rotatable bonds is 2. The molecule has 3 nitrogen and oxygen atoms in total. The molecule has 0 aliphatic carbocycles. The zero-order valence-electron chi connectivity index (χ0n) is 10.1. The van der Waals surface area contributed by atoms with E-state index in [9.17, 15) is 10.2 Å². The summed E-state index contributed by atoms with van der Waals surface area (Å²) < 4.78 is 0. The Balaban J connectivity index is 2.62. The Bertz CT molecular complexity index is 561. The molecule has 0 aliphatic rings. The molecule has 0 saturated carbocycles. The number of hydrogen-bond donors (Lipinski definition) is 3. The second-order valence-corrected chi connectivity index (χ2v) is 4.99. The lowest BCUT2D eigenvalue weighted by Gasteiger charge is -2.23. The van der Waals surface area contributed by atoms with Crippen molar-refractivity contribution < 1.29 is 10.2 Å². The summed E-state index contributed by atoms with van der Waals surface area (Å²) >= 11 is 0. The van der Waals surface area contributed by atoms with Crippen LogP contribution in [0.5, 0.6) is 11.5 Å². The summed E-state index contributed by atoms with van der Waals surface area (Å²) in [5.41, 5.74) is 6.77. The Morgan fingerprint density at radius 3 is 2.18 bits per heavy atom. The summed E-state index contributed by atoms with van der Waals surface area (Å²) in [4.78, 5) is 0. The molecule has 4 N–H and O–H groups in total. The van der Waals surface area contributed by atoms with Crippen LogP contribution in [0.25, 0.3) is 10.8 Å². The van der Waals surface area contributed by atoms with Gasteiger partial charge < -0.3 is 15.9 Å². The summed E-state index contributed by atoms with van der Waals surface area (Å²) in [6.07, 6.45) is 0. The lowest BCUT2D eigenvalue weighted by molar-refractivity contribution is 0.405. The fourth-order valence-electron chi connectivity index (χ4n) is 1.81. The fourth-order valence-corrected chi connectivity index (χ4v) is 1.81. The Hall–Kier alpha value is -1.74. The summed E-state index contributed by atoms with van der Waals surface area (Å²) in [5, 5.41) is 20.7. The standard InChI is InChI=1S/C14H17NO2/c1-14(2,8-15)11-4-3-9-6-12(16)13(17)7-10(9)5-11/h3-7,16-17H,8,15H2,1-2H3. The van der Waals surface area contributed by atoms with Gasteiger partial charge in [0.2, 0.25) is 0 Å². The zero-order chi connectivity index (χ0) is 12.6. The molecule has 0 atom stereocenters. The van der Waals surface area contributed by atoms with E-state index < -0.39 is 0 Å². The van der Waals surface area contributed by atoms with E-state index in [-0.39, 0.29) is 16.9 Å². The van der Waals surface area contributed by atoms with Crippen molar-refractivity contribution in [2.45, 2.75) is 19.3 Å². The molecule has 0 fully saturated rings. The zero-order valence-corrected chi connectivity index (χ0v) is 10.1. The second-order valence-electron chi connectivity index (χ2n) is 4.99. The fraction of sp³-hybridized carbons (Fsp3) is 0.286. The van der Waals surface area contributed by atoms with E-state index in [1.54, 1.807) is 12.1 Å².